The summed E-state index contributed by atoms with van der Waals surface area (Å²) in [7, 11) is 0. The minimum absolute atomic E-state index is 0.117. The lowest BCUT2D eigenvalue weighted by atomic mass is 9.80. The largest absolute Gasteiger partial charge is 0.119 e. The molecule has 0 aromatic carbocycles. The van der Waals surface area contributed by atoms with Gasteiger partial charge in [0.15, 0.2) is 0 Å². The third-order valence-electron chi connectivity index (χ3n) is 4.13. The predicted molar refractivity (Wildman–Crippen MR) is 48.9 cm³/mol. The molecule has 0 saturated heterocycles. The smallest absolute Gasteiger partial charge is 0.0454 e. The fraction of sp³-hybridized carbons (Fsp3) is 1.00. The number of hydrogen-bond donors (Lipinski definition) is 0. The lowest BCUT2D eigenvalue weighted by Crippen LogP contribution is -2.28. The van der Waals surface area contributed by atoms with Gasteiger partial charge >= 0.3 is 0 Å². The van der Waals surface area contributed by atoms with E-state index in [0.717, 1.165) is 11.8 Å². The molecule has 2 aliphatic carbocycles. The van der Waals surface area contributed by atoms with Gasteiger partial charge in [-0.25, -0.2) is 0 Å². The highest BCUT2D eigenvalue weighted by atomic mass is 35.5. The normalized spacial score (nSPS) is 53.5. The van der Waals surface area contributed by atoms with Gasteiger partial charge in [-0.2, -0.15) is 0 Å². The van der Waals surface area contributed by atoms with Crippen molar-refractivity contribution < 1.29 is 0 Å². The average Bonchev–Trinajstić information content (AvgIpc) is 2.15. The monoisotopic (exact) mass is 172 g/mol. The first-order valence-corrected chi connectivity index (χ1v) is 5.01. The Morgan fingerprint density at radius 1 is 1.18 bits per heavy atom. The van der Waals surface area contributed by atoms with Crippen molar-refractivity contribution in [3.63, 3.8) is 0 Å². The second-order valence-electron chi connectivity index (χ2n) is 5.13. The van der Waals surface area contributed by atoms with Crippen LogP contribution < -0.4 is 0 Å². The Hall–Kier alpha value is 0.290. The zero-order valence-electron chi connectivity index (χ0n) is 7.65. The lowest BCUT2D eigenvalue weighted by molar-refractivity contribution is 0.248. The van der Waals surface area contributed by atoms with Crippen molar-refractivity contribution in [2.75, 3.05) is 0 Å². The molecule has 3 atom stereocenters. The zero-order valence-corrected chi connectivity index (χ0v) is 8.41. The highest BCUT2D eigenvalue weighted by Crippen LogP contribution is 2.63. The molecule has 0 nitrogen and oxygen atoms in total. The molecule has 1 heteroatoms. The van der Waals surface area contributed by atoms with Crippen molar-refractivity contribution in [1.82, 2.24) is 0 Å². The van der Waals surface area contributed by atoms with Gasteiger partial charge in [-0.05, 0) is 43.4 Å². The molecule has 11 heavy (non-hydrogen) atoms. The van der Waals surface area contributed by atoms with Crippen LogP contribution in [0, 0.1) is 17.3 Å². The Morgan fingerprint density at radius 3 is 2.00 bits per heavy atom. The Morgan fingerprint density at radius 2 is 1.82 bits per heavy atom. The van der Waals surface area contributed by atoms with Gasteiger partial charge in [0.05, 0.1) is 0 Å². The highest BCUT2D eigenvalue weighted by molar-refractivity contribution is 6.24. The Kier molecular flexibility index (Phi) is 1.41. The van der Waals surface area contributed by atoms with Gasteiger partial charge in [-0.3, -0.25) is 0 Å². The Labute approximate surface area is 74.3 Å². The van der Waals surface area contributed by atoms with Crippen molar-refractivity contribution in [3.8, 4) is 0 Å². The van der Waals surface area contributed by atoms with Crippen molar-refractivity contribution in [2.45, 2.75) is 44.9 Å². The van der Waals surface area contributed by atoms with E-state index in [-0.39, 0.29) is 4.87 Å². The number of alkyl halides is 1. The van der Waals surface area contributed by atoms with E-state index in [1.54, 1.807) is 0 Å². The van der Waals surface area contributed by atoms with E-state index in [4.69, 9.17) is 11.6 Å². The fourth-order valence-electron chi connectivity index (χ4n) is 3.46. The number of hydrogen-bond acceptors (Lipinski definition) is 0. The van der Waals surface area contributed by atoms with E-state index >= 15 is 0 Å². The van der Waals surface area contributed by atoms with Gasteiger partial charge < -0.3 is 0 Å². The Bertz CT molecular complexity index is 181. The molecule has 2 fully saturated rings. The molecule has 0 aromatic heterocycles. The van der Waals surface area contributed by atoms with Crippen LogP contribution in [0.15, 0.2) is 0 Å². The van der Waals surface area contributed by atoms with Gasteiger partial charge in [-0.15, -0.1) is 11.6 Å². The second kappa shape index (κ2) is 1.96. The highest BCUT2D eigenvalue weighted by Gasteiger charge is 2.58. The van der Waals surface area contributed by atoms with Crippen LogP contribution in [-0.2, 0) is 0 Å². The number of fused-ring (bicyclic) bond motifs is 2. The molecule has 0 N–H and O–H groups in total. The van der Waals surface area contributed by atoms with Crippen molar-refractivity contribution in [2.24, 2.45) is 17.3 Å². The van der Waals surface area contributed by atoms with Crippen LogP contribution in [0.1, 0.15) is 40.0 Å². The summed E-state index contributed by atoms with van der Waals surface area (Å²) in [6, 6.07) is 0. The van der Waals surface area contributed by atoms with Crippen LogP contribution in [0.4, 0.5) is 0 Å². The molecule has 0 amide bonds. The van der Waals surface area contributed by atoms with Gasteiger partial charge in [-0.1, -0.05) is 13.8 Å². The molecule has 2 aliphatic rings. The van der Waals surface area contributed by atoms with Crippen molar-refractivity contribution in [1.29, 1.82) is 0 Å². The van der Waals surface area contributed by atoms with Gasteiger partial charge in [0.2, 0.25) is 0 Å². The standard InChI is InChI=1S/C10H17Cl/c1-9(2)7-4-5-8(9)10(3,11)6-7/h7-8H,4-6H2,1-3H3/t7-,8-,10-/m0/s1. The minimum Gasteiger partial charge on any atom is -0.119 e. The topological polar surface area (TPSA) is 0 Å². The maximum Gasteiger partial charge on any atom is 0.0454 e. The molecule has 0 spiro atoms. The number of halogens is 1. The fourth-order valence-corrected chi connectivity index (χ4v) is 4.04. The first kappa shape index (κ1) is 7.91. The molecule has 64 valence electrons. The summed E-state index contributed by atoms with van der Waals surface area (Å²) in [4.78, 5) is 0.117. The van der Waals surface area contributed by atoms with E-state index in [2.05, 4.69) is 20.8 Å². The molecular weight excluding hydrogens is 156 g/mol. The van der Waals surface area contributed by atoms with Gasteiger partial charge in [0, 0.05) is 4.87 Å². The van der Waals surface area contributed by atoms with E-state index < -0.39 is 0 Å². The van der Waals surface area contributed by atoms with Crippen LogP contribution in [-0.4, -0.2) is 4.87 Å². The predicted octanol–water partition coefficient (Wildman–Crippen LogP) is 3.44. The van der Waals surface area contributed by atoms with Crippen molar-refractivity contribution >= 4 is 11.6 Å². The number of rotatable bonds is 0. The minimum atomic E-state index is 0.117. The van der Waals surface area contributed by atoms with E-state index in [1.807, 2.05) is 0 Å². The molecule has 2 rings (SSSR count). The SMILES string of the molecule is CC1(C)[C@H]2CC[C@@H]1[C@@](C)(Cl)C2. The first-order valence-electron chi connectivity index (χ1n) is 4.63. The van der Waals surface area contributed by atoms with Crippen LogP contribution in [0.25, 0.3) is 0 Å². The van der Waals surface area contributed by atoms with Crippen LogP contribution in [0.2, 0.25) is 0 Å². The summed E-state index contributed by atoms with van der Waals surface area (Å²) in [5, 5.41) is 0. The molecule has 0 aliphatic heterocycles. The summed E-state index contributed by atoms with van der Waals surface area (Å²) >= 11 is 6.45. The van der Waals surface area contributed by atoms with Gasteiger partial charge in [0.25, 0.3) is 0 Å². The summed E-state index contributed by atoms with van der Waals surface area (Å²) < 4.78 is 0. The third-order valence-corrected chi connectivity index (χ3v) is 4.54. The maximum atomic E-state index is 6.45. The van der Waals surface area contributed by atoms with Gasteiger partial charge in [0.1, 0.15) is 0 Å². The van der Waals surface area contributed by atoms with E-state index in [9.17, 15) is 0 Å². The third kappa shape index (κ3) is 0.884. The summed E-state index contributed by atoms with van der Waals surface area (Å²) in [5.41, 5.74) is 0.524. The van der Waals surface area contributed by atoms with Crippen LogP contribution in [0.3, 0.4) is 0 Å². The second-order valence-corrected chi connectivity index (χ2v) is 5.99. The summed E-state index contributed by atoms with van der Waals surface area (Å²) in [6.07, 6.45) is 4.02. The molecule has 0 heterocycles. The Balaban J connectivity index is 2.33. The van der Waals surface area contributed by atoms with E-state index in [1.165, 1.54) is 19.3 Å². The van der Waals surface area contributed by atoms with Crippen LogP contribution in [0.5, 0.6) is 0 Å². The quantitative estimate of drug-likeness (QED) is 0.491. The molecule has 2 saturated carbocycles. The molecular formula is C10H17Cl. The van der Waals surface area contributed by atoms with Crippen molar-refractivity contribution in [3.05, 3.63) is 0 Å². The molecule has 2 bridgehead atoms. The zero-order chi connectivity index (χ0) is 8.28. The van der Waals surface area contributed by atoms with E-state index in [0.29, 0.717) is 5.41 Å². The maximum absolute atomic E-state index is 6.45. The molecule has 0 aromatic rings. The first-order chi connectivity index (χ1) is 4.94. The lowest BCUT2D eigenvalue weighted by Gasteiger charge is -2.30. The summed E-state index contributed by atoms with van der Waals surface area (Å²) in [6.45, 7) is 7.01. The molecule has 0 radical (unpaired) electrons. The van der Waals surface area contributed by atoms with Crippen LogP contribution >= 0.6 is 11.6 Å². The summed E-state index contributed by atoms with van der Waals surface area (Å²) in [5.74, 6) is 1.66. The average molecular weight is 173 g/mol. The molecule has 0 unspecified atom stereocenters.